The molecule has 0 saturated heterocycles. The number of rotatable bonds is 28. The van der Waals surface area contributed by atoms with E-state index in [9.17, 15) is 0 Å². The smallest absolute Gasteiger partial charge is 0.00248 e. The molecule has 0 bridgehead atoms. The van der Waals surface area contributed by atoms with Gasteiger partial charge in [0.2, 0.25) is 0 Å². The van der Waals surface area contributed by atoms with Gasteiger partial charge in [-0.15, -0.1) is 0 Å². The van der Waals surface area contributed by atoms with Gasteiger partial charge in [-0.25, -0.2) is 0 Å². The van der Waals surface area contributed by atoms with Crippen molar-refractivity contribution in [3.63, 3.8) is 0 Å². The Labute approximate surface area is 211 Å². The fourth-order valence-electron chi connectivity index (χ4n) is 4.92. The van der Waals surface area contributed by atoms with Crippen LogP contribution in [-0.2, 0) is 0 Å². The zero-order chi connectivity index (χ0) is 24.2. The maximum absolute atomic E-state index is 2.30. The summed E-state index contributed by atoms with van der Waals surface area (Å²) in [5.41, 5.74) is 0. The van der Waals surface area contributed by atoms with E-state index in [0.717, 1.165) is 0 Å². The highest BCUT2D eigenvalue weighted by molar-refractivity contribution is 4.53. The lowest BCUT2D eigenvalue weighted by Crippen LogP contribution is -2.12. The summed E-state index contributed by atoms with van der Waals surface area (Å²) >= 11 is 0. The van der Waals surface area contributed by atoms with Crippen molar-refractivity contribution in [2.45, 2.75) is 161 Å². The molecule has 0 amide bonds. The van der Waals surface area contributed by atoms with Gasteiger partial charge in [0.1, 0.15) is 0 Å². The van der Waals surface area contributed by atoms with Gasteiger partial charge in [-0.3, -0.25) is 0 Å². The molecule has 0 aliphatic carbocycles. The first-order valence-corrected chi connectivity index (χ1v) is 15.4. The van der Waals surface area contributed by atoms with E-state index in [2.05, 4.69) is 38.0 Å². The second kappa shape index (κ2) is 28.2. The molecule has 0 fully saturated rings. The van der Waals surface area contributed by atoms with Gasteiger partial charge < -0.3 is 9.80 Å². The summed E-state index contributed by atoms with van der Waals surface area (Å²) in [6.45, 7) is 2.52. The monoisotopic (exact) mass is 467 g/mol. The largest absolute Gasteiger partial charge is 0.309 e. The fraction of sp³-hybridized carbons (Fsp3) is 1.00. The second-order valence-electron chi connectivity index (χ2n) is 11.4. The van der Waals surface area contributed by atoms with Crippen LogP contribution in [0, 0.1) is 0 Å². The molecule has 0 saturated carbocycles. The summed E-state index contributed by atoms with van der Waals surface area (Å²) in [6.07, 6.45) is 36.6. The second-order valence-corrected chi connectivity index (χ2v) is 11.4. The molecule has 200 valence electrons. The molecule has 0 aromatic carbocycles. The summed E-state index contributed by atoms with van der Waals surface area (Å²) in [5.74, 6) is 0. The highest BCUT2D eigenvalue weighted by Gasteiger charge is 1.97. The van der Waals surface area contributed by atoms with Crippen molar-refractivity contribution in [1.29, 1.82) is 0 Å². The number of unbranched alkanes of at least 4 members (excludes halogenated alkanes) is 24. The first-order valence-electron chi connectivity index (χ1n) is 15.4. The molecule has 0 radical (unpaired) electrons. The van der Waals surface area contributed by atoms with Crippen LogP contribution in [0.15, 0.2) is 0 Å². The molecular weight excluding hydrogens is 400 g/mol. The van der Waals surface area contributed by atoms with E-state index < -0.39 is 0 Å². The standard InChI is InChI=1S/C31H66N2/c1-32(2)30-28-26-24-22-20-18-16-14-12-10-8-6-5-7-9-11-13-15-17-19-21-23-25-27-29-31-33(3)4/h5-31H2,1-4H3. The lowest BCUT2D eigenvalue weighted by atomic mass is 10.0. The summed E-state index contributed by atoms with van der Waals surface area (Å²) in [6, 6.07) is 0. The minimum absolute atomic E-state index is 1.26. The average Bonchev–Trinajstić information content (AvgIpc) is 2.78. The van der Waals surface area contributed by atoms with Crippen LogP contribution in [0.4, 0.5) is 0 Å². The summed E-state index contributed by atoms with van der Waals surface area (Å²) in [5, 5.41) is 0. The Bertz CT molecular complexity index is 308. The molecule has 0 heterocycles. The minimum atomic E-state index is 1.26. The minimum Gasteiger partial charge on any atom is -0.309 e. The third kappa shape index (κ3) is 31.9. The highest BCUT2D eigenvalue weighted by Crippen LogP contribution is 2.15. The molecule has 2 heteroatoms. The first kappa shape index (κ1) is 32.9. The van der Waals surface area contributed by atoms with E-state index in [4.69, 9.17) is 0 Å². The highest BCUT2D eigenvalue weighted by atomic mass is 15.0. The van der Waals surface area contributed by atoms with Crippen molar-refractivity contribution in [1.82, 2.24) is 9.80 Å². The van der Waals surface area contributed by atoms with Crippen molar-refractivity contribution < 1.29 is 0 Å². The molecule has 0 atom stereocenters. The van der Waals surface area contributed by atoms with Crippen molar-refractivity contribution >= 4 is 0 Å². The Kier molecular flexibility index (Phi) is 28.1. The Morgan fingerprint density at radius 2 is 0.333 bits per heavy atom. The molecule has 33 heavy (non-hydrogen) atoms. The van der Waals surface area contributed by atoms with Gasteiger partial charge >= 0.3 is 0 Å². The van der Waals surface area contributed by atoms with Crippen LogP contribution in [-0.4, -0.2) is 51.1 Å². The van der Waals surface area contributed by atoms with Crippen molar-refractivity contribution in [3.05, 3.63) is 0 Å². The lowest BCUT2D eigenvalue weighted by molar-refractivity contribution is 0.389. The molecule has 0 aromatic rings. The van der Waals surface area contributed by atoms with E-state index in [1.807, 2.05) is 0 Å². The SMILES string of the molecule is CN(C)CCCCCCCCCCCCCCCCCCCCCCCCCCCN(C)C. The molecule has 0 aromatic heterocycles. The molecular formula is C31H66N2. The van der Waals surface area contributed by atoms with Crippen molar-refractivity contribution in [2.24, 2.45) is 0 Å². The van der Waals surface area contributed by atoms with Gasteiger partial charge in [-0.05, 0) is 54.1 Å². The van der Waals surface area contributed by atoms with Gasteiger partial charge in [0.05, 0.1) is 0 Å². The summed E-state index contributed by atoms with van der Waals surface area (Å²) < 4.78 is 0. The Balaban J connectivity index is 3.01. The Morgan fingerprint density at radius 3 is 0.455 bits per heavy atom. The zero-order valence-electron chi connectivity index (χ0n) is 24.0. The third-order valence-electron chi connectivity index (χ3n) is 7.21. The molecule has 0 aliphatic heterocycles. The first-order chi connectivity index (χ1) is 16.1. The third-order valence-corrected chi connectivity index (χ3v) is 7.21. The van der Waals surface area contributed by atoms with Crippen LogP contribution < -0.4 is 0 Å². The Morgan fingerprint density at radius 1 is 0.212 bits per heavy atom. The number of hydrogen-bond donors (Lipinski definition) is 0. The number of hydrogen-bond acceptors (Lipinski definition) is 2. The van der Waals surface area contributed by atoms with Crippen LogP contribution >= 0.6 is 0 Å². The van der Waals surface area contributed by atoms with Gasteiger partial charge in [0, 0.05) is 0 Å². The molecule has 2 nitrogen and oxygen atoms in total. The van der Waals surface area contributed by atoms with Crippen LogP contribution in [0.2, 0.25) is 0 Å². The molecule has 0 rings (SSSR count). The summed E-state index contributed by atoms with van der Waals surface area (Å²) in [4.78, 5) is 4.61. The van der Waals surface area contributed by atoms with E-state index in [0.29, 0.717) is 0 Å². The van der Waals surface area contributed by atoms with Crippen LogP contribution in [0.25, 0.3) is 0 Å². The quantitative estimate of drug-likeness (QED) is 0.106. The number of nitrogens with zero attached hydrogens (tertiary/aromatic N) is 2. The molecule has 0 spiro atoms. The normalized spacial score (nSPS) is 11.8. The molecule has 0 N–H and O–H groups in total. The Hall–Kier alpha value is -0.0800. The van der Waals surface area contributed by atoms with Gasteiger partial charge in [-0.1, -0.05) is 148 Å². The maximum atomic E-state index is 2.30. The predicted octanol–water partition coefficient (Wildman–Crippen LogP) is 9.86. The van der Waals surface area contributed by atoms with E-state index in [-0.39, 0.29) is 0 Å². The van der Waals surface area contributed by atoms with Crippen molar-refractivity contribution in [2.75, 3.05) is 41.3 Å². The predicted molar refractivity (Wildman–Crippen MR) is 153 cm³/mol. The van der Waals surface area contributed by atoms with Gasteiger partial charge in [0.15, 0.2) is 0 Å². The van der Waals surface area contributed by atoms with Crippen molar-refractivity contribution in [3.8, 4) is 0 Å². The topological polar surface area (TPSA) is 6.48 Å². The van der Waals surface area contributed by atoms with E-state index in [1.54, 1.807) is 0 Å². The average molecular weight is 467 g/mol. The lowest BCUT2D eigenvalue weighted by Gasteiger charge is -2.08. The van der Waals surface area contributed by atoms with Gasteiger partial charge in [-0.2, -0.15) is 0 Å². The van der Waals surface area contributed by atoms with Crippen LogP contribution in [0.1, 0.15) is 161 Å². The maximum Gasteiger partial charge on any atom is -0.00248 e. The summed E-state index contributed by atoms with van der Waals surface area (Å²) in [7, 11) is 8.72. The zero-order valence-corrected chi connectivity index (χ0v) is 24.0. The molecule has 0 aliphatic rings. The van der Waals surface area contributed by atoms with E-state index >= 15 is 0 Å². The fourth-order valence-corrected chi connectivity index (χ4v) is 4.92. The van der Waals surface area contributed by atoms with Gasteiger partial charge in [0.25, 0.3) is 0 Å². The van der Waals surface area contributed by atoms with E-state index in [1.165, 1.54) is 174 Å². The molecule has 0 unspecified atom stereocenters. The van der Waals surface area contributed by atoms with Crippen LogP contribution in [0.5, 0.6) is 0 Å². The van der Waals surface area contributed by atoms with Crippen LogP contribution in [0.3, 0.4) is 0 Å².